The lowest BCUT2D eigenvalue weighted by atomic mass is 10.2. The van der Waals surface area contributed by atoms with Crippen molar-refractivity contribution >= 4 is 19.9 Å². The van der Waals surface area contributed by atoms with Gasteiger partial charge in [-0.2, -0.15) is 5.26 Å². The summed E-state index contributed by atoms with van der Waals surface area (Å²) >= 11 is 0. The Kier molecular flexibility index (Phi) is 3.70. The number of hydrogen-bond donors (Lipinski definition) is 1. The van der Waals surface area contributed by atoms with Gasteiger partial charge in [0.1, 0.15) is 0 Å². The molecule has 0 aliphatic carbocycles. The fraction of sp³-hybridized carbons (Fsp3) is 0.857. The van der Waals surface area contributed by atoms with Gasteiger partial charge in [-0.1, -0.05) is 0 Å². The topological polar surface area (TPSA) is 104 Å². The smallest absolute Gasteiger partial charge is 0.225 e. The van der Waals surface area contributed by atoms with Crippen LogP contribution < -0.4 is 4.72 Å². The van der Waals surface area contributed by atoms with Crippen LogP contribution in [-0.2, 0) is 19.9 Å². The molecule has 1 N–H and O–H groups in total. The highest BCUT2D eigenvalue weighted by atomic mass is 32.2. The third kappa shape index (κ3) is 4.15. The Morgan fingerprint density at radius 3 is 2.67 bits per heavy atom. The van der Waals surface area contributed by atoms with Crippen molar-refractivity contribution in [1.29, 1.82) is 5.26 Å². The number of hydrogen-bond acceptors (Lipinski definition) is 5. The largest absolute Gasteiger partial charge is 0.229 e. The van der Waals surface area contributed by atoms with Crippen LogP contribution in [0.1, 0.15) is 12.8 Å². The molecule has 1 saturated heterocycles. The molecular formula is C7H12N2O4S2. The zero-order valence-electron chi connectivity index (χ0n) is 8.01. The van der Waals surface area contributed by atoms with E-state index in [1.165, 1.54) is 6.07 Å². The Morgan fingerprint density at radius 2 is 2.13 bits per heavy atom. The second-order valence-electron chi connectivity index (χ2n) is 3.49. The third-order valence-electron chi connectivity index (χ3n) is 2.06. The van der Waals surface area contributed by atoms with Gasteiger partial charge in [0.05, 0.1) is 17.6 Å². The maximum Gasteiger partial charge on any atom is 0.225 e. The van der Waals surface area contributed by atoms with Crippen molar-refractivity contribution in [3.05, 3.63) is 0 Å². The van der Waals surface area contributed by atoms with E-state index in [2.05, 4.69) is 4.72 Å². The van der Waals surface area contributed by atoms with Crippen LogP contribution in [0.15, 0.2) is 0 Å². The van der Waals surface area contributed by atoms with Crippen molar-refractivity contribution in [1.82, 2.24) is 4.72 Å². The van der Waals surface area contributed by atoms with Crippen LogP contribution in [0.5, 0.6) is 0 Å². The van der Waals surface area contributed by atoms with E-state index < -0.39 is 31.7 Å². The van der Waals surface area contributed by atoms with Crippen LogP contribution in [0.3, 0.4) is 0 Å². The molecular weight excluding hydrogens is 240 g/mol. The normalized spacial score (nSPS) is 25.7. The molecule has 6 nitrogen and oxygen atoms in total. The summed E-state index contributed by atoms with van der Waals surface area (Å²) in [6, 6.07) is 0.937. The summed E-state index contributed by atoms with van der Waals surface area (Å²) in [5.74, 6) is -0.690. The third-order valence-corrected chi connectivity index (χ3v) is 5.09. The van der Waals surface area contributed by atoms with Gasteiger partial charge >= 0.3 is 0 Å². The monoisotopic (exact) mass is 252 g/mol. The van der Waals surface area contributed by atoms with Gasteiger partial charge in [-0.3, -0.25) is 0 Å². The van der Waals surface area contributed by atoms with E-state index in [0.717, 1.165) is 0 Å². The summed E-state index contributed by atoms with van der Waals surface area (Å²) in [6.45, 7) is 0. The molecule has 1 unspecified atom stereocenters. The number of nitriles is 1. The lowest BCUT2D eigenvalue weighted by molar-refractivity contribution is 0.518. The molecule has 86 valence electrons. The lowest BCUT2D eigenvalue weighted by Crippen LogP contribution is -2.43. The molecule has 0 spiro atoms. The predicted octanol–water partition coefficient (Wildman–Crippen LogP) is -0.993. The molecule has 1 heterocycles. The summed E-state index contributed by atoms with van der Waals surface area (Å²) in [4.78, 5) is 0. The first-order valence-electron chi connectivity index (χ1n) is 4.42. The van der Waals surface area contributed by atoms with Crippen molar-refractivity contribution in [3.8, 4) is 6.07 Å². The number of nitrogens with one attached hydrogen (secondary N) is 1. The van der Waals surface area contributed by atoms with E-state index in [1.807, 2.05) is 0 Å². The second-order valence-corrected chi connectivity index (χ2v) is 7.47. The van der Waals surface area contributed by atoms with Gasteiger partial charge in [-0.25, -0.2) is 21.6 Å². The first kappa shape index (κ1) is 12.4. The van der Waals surface area contributed by atoms with Gasteiger partial charge in [0, 0.05) is 6.04 Å². The van der Waals surface area contributed by atoms with Crippen molar-refractivity contribution in [3.63, 3.8) is 0 Å². The highest BCUT2D eigenvalue weighted by molar-refractivity contribution is 7.91. The van der Waals surface area contributed by atoms with Crippen LogP contribution in [0, 0.1) is 11.3 Å². The zero-order chi connectivity index (χ0) is 11.5. The van der Waals surface area contributed by atoms with Crippen molar-refractivity contribution in [2.75, 3.05) is 17.3 Å². The first-order chi connectivity index (χ1) is 6.85. The molecule has 15 heavy (non-hydrogen) atoms. The lowest BCUT2D eigenvalue weighted by Gasteiger charge is -2.22. The predicted molar refractivity (Wildman–Crippen MR) is 54.2 cm³/mol. The summed E-state index contributed by atoms with van der Waals surface area (Å²) in [7, 11) is -6.79. The van der Waals surface area contributed by atoms with E-state index >= 15 is 0 Å². The van der Waals surface area contributed by atoms with Crippen LogP contribution in [0.2, 0.25) is 0 Å². The zero-order valence-corrected chi connectivity index (χ0v) is 9.64. The summed E-state index contributed by atoms with van der Waals surface area (Å²) in [5, 5.41) is 8.25. The first-order valence-corrected chi connectivity index (χ1v) is 7.89. The van der Waals surface area contributed by atoms with Gasteiger partial charge in [-0.15, -0.1) is 0 Å². The molecule has 0 aromatic rings. The fourth-order valence-electron chi connectivity index (χ4n) is 1.50. The molecule has 1 aliphatic heterocycles. The number of sulfone groups is 1. The highest BCUT2D eigenvalue weighted by Gasteiger charge is 2.27. The minimum absolute atomic E-state index is 0.115. The van der Waals surface area contributed by atoms with Crippen LogP contribution in [-0.4, -0.2) is 40.1 Å². The Labute approximate surface area is 89.3 Å². The summed E-state index contributed by atoms with van der Waals surface area (Å²) in [6.07, 6.45) is 0.964. The Balaban J connectivity index is 2.65. The van der Waals surface area contributed by atoms with Crippen LogP contribution in [0.4, 0.5) is 0 Å². The van der Waals surface area contributed by atoms with Crippen molar-refractivity contribution < 1.29 is 16.8 Å². The molecule has 1 atom stereocenters. The van der Waals surface area contributed by atoms with Gasteiger partial charge in [0.2, 0.25) is 10.0 Å². The number of sulfonamides is 1. The average molecular weight is 252 g/mol. The molecule has 0 aromatic heterocycles. The molecule has 0 saturated carbocycles. The van der Waals surface area contributed by atoms with Crippen molar-refractivity contribution in [2.45, 2.75) is 18.9 Å². The minimum atomic E-state index is -3.66. The summed E-state index contributed by atoms with van der Waals surface area (Å²) in [5.41, 5.74) is 0. The standard InChI is InChI=1S/C7H12N2O4S2/c8-3-5-15(12,13)9-7-2-1-4-14(10,11)6-7/h7,9H,1-2,4-6H2. The van der Waals surface area contributed by atoms with E-state index in [9.17, 15) is 16.8 Å². The SMILES string of the molecule is N#CCS(=O)(=O)NC1CCCS(=O)(=O)C1. The fourth-order valence-corrected chi connectivity index (χ4v) is 4.20. The van der Waals surface area contributed by atoms with E-state index in [0.29, 0.717) is 12.8 Å². The molecule has 8 heteroatoms. The quantitative estimate of drug-likeness (QED) is 0.694. The van der Waals surface area contributed by atoms with E-state index in [-0.39, 0.29) is 11.5 Å². The molecule has 0 bridgehead atoms. The number of rotatable bonds is 3. The number of nitrogens with zero attached hydrogens (tertiary/aromatic N) is 1. The van der Waals surface area contributed by atoms with Crippen LogP contribution >= 0.6 is 0 Å². The maximum atomic E-state index is 11.2. The molecule has 1 fully saturated rings. The van der Waals surface area contributed by atoms with Gasteiger partial charge in [-0.05, 0) is 12.8 Å². The van der Waals surface area contributed by atoms with E-state index in [4.69, 9.17) is 5.26 Å². The average Bonchev–Trinajstić information content (AvgIpc) is 1.99. The minimum Gasteiger partial charge on any atom is -0.229 e. The Hall–Kier alpha value is -0.650. The molecule has 0 radical (unpaired) electrons. The van der Waals surface area contributed by atoms with Crippen LogP contribution in [0.25, 0.3) is 0 Å². The Bertz CT molecular complexity index is 460. The molecule has 1 aliphatic rings. The Morgan fingerprint density at radius 1 is 1.47 bits per heavy atom. The van der Waals surface area contributed by atoms with Crippen molar-refractivity contribution in [2.24, 2.45) is 0 Å². The second kappa shape index (κ2) is 4.47. The highest BCUT2D eigenvalue weighted by Crippen LogP contribution is 2.12. The molecule has 1 rings (SSSR count). The molecule has 0 aromatic carbocycles. The van der Waals surface area contributed by atoms with Gasteiger partial charge in [0.25, 0.3) is 0 Å². The molecule has 0 amide bonds. The van der Waals surface area contributed by atoms with Gasteiger partial charge < -0.3 is 0 Å². The summed E-state index contributed by atoms with van der Waals surface area (Å²) < 4.78 is 47.0. The maximum absolute atomic E-state index is 11.2. The van der Waals surface area contributed by atoms with E-state index in [1.54, 1.807) is 0 Å². The van der Waals surface area contributed by atoms with Gasteiger partial charge in [0.15, 0.2) is 15.6 Å².